The van der Waals surface area contributed by atoms with Crippen LogP contribution >= 0.6 is 11.8 Å². The lowest BCUT2D eigenvalue weighted by atomic mass is 10.2. The molecular formula is C23H32N4OS. The molecule has 5 nitrogen and oxygen atoms in total. The summed E-state index contributed by atoms with van der Waals surface area (Å²) >= 11 is 1.87. The van der Waals surface area contributed by atoms with E-state index in [9.17, 15) is 0 Å². The summed E-state index contributed by atoms with van der Waals surface area (Å²) in [4.78, 5) is 8.42. The van der Waals surface area contributed by atoms with Gasteiger partial charge >= 0.3 is 0 Å². The number of rotatable bonds is 8. The number of thioether (sulfide) groups is 1. The molecule has 0 aromatic heterocycles. The zero-order valence-electron chi connectivity index (χ0n) is 17.4. The van der Waals surface area contributed by atoms with Crippen molar-refractivity contribution in [1.29, 1.82) is 0 Å². The van der Waals surface area contributed by atoms with Gasteiger partial charge in [0.05, 0.1) is 19.8 Å². The van der Waals surface area contributed by atoms with Gasteiger partial charge in [0.25, 0.3) is 0 Å². The Morgan fingerprint density at radius 3 is 2.48 bits per heavy atom. The van der Waals surface area contributed by atoms with Crippen LogP contribution in [0.1, 0.15) is 19.4 Å². The lowest BCUT2D eigenvalue weighted by Crippen LogP contribution is -2.40. The second kappa shape index (κ2) is 11.7. The van der Waals surface area contributed by atoms with E-state index in [1.54, 1.807) is 0 Å². The first-order chi connectivity index (χ1) is 14.2. The van der Waals surface area contributed by atoms with Crippen LogP contribution in [0.5, 0.6) is 0 Å². The number of guanidine groups is 1. The number of morpholine rings is 1. The number of nitrogens with zero attached hydrogens (tertiary/aromatic N) is 2. The van der Waals surface area contributed by atoms with Gasteiger partial charge in [-0.05, 0) is 36.8 Å². The normalized spacial score (nSPS) is 15.8. The summed E-state index contributed by atoms with van der Waals surface area (Å²) in [5.41, 5.74) is 2.48. The minimum Gasteiger partial charge on any atom is -0.378 e. The van der Waals surface area contributed by atoms with Crippen LogP contribution in [0.3, 0.4) is 0 Å². The third kappa shape index (κ3) is 7.29. The fraction of sp³-hybridized carbons (Fsp3) is 0.435. The minimum atomic E-state index is 0.453. The average molecular weight is 413 g/mol. The monoisotopic (exact) mass is 412 g/mol. The van der Waals surface area contributed by atoms with Gasteiger partial charge in [0.2, 0.25) is 0 Å². The molecule has 2 aromatic carbocycles. The fourth-order valence-corrected chi connectivity index (χ4v) is 4.10. The molecule has 0 radical (unpaired) electrons. The summed E-state index contributed by atoms with van der Waals surface area (Å²) in [5.74, 6) is 0.866. The van der Waals surface area contributed by atoms with E-state index in [4.69, 9.17) is 9.73 Å². The van der Waals surface area contributed by atoms with Crippen molar-refractivity contribution in [3.63, 3.8) is 0 Å². The van der Waals surface area contributed by atoms with Crippen LogP contribution in [0, 0.1) is 0 Å². The highest BCUT2D eigenvalue weighted by Crippen LogP contribution is 2.22. The van der Waals surface area contributed by atoms with Gasteiger partial charge < -0.3 is 20.3 Å². The quantitative estimate of drug-likeness (QED) is 0.393. The van der Waals surface area contributed by atoms with E-state index in [-0.39, 0.29) is 0 Å². The SMILES string of the molecule is CCNC(=NCc1ccc(N2CCOCC2)cc1)NCC(C)Sc1ccccc1. The maximum absolute atomic E-state index is 5.43. The number of nitrogens with one attached hydrogen (secondary N) is 2. The highest BCUT2D eigenvalue weighted by atomic mass is 32.2. The van der Waals surface area contributed by atoms with Crippen molar-refractivity contribution in [3.05, 3.63) is 60.2 Å². The van der Waals surface area contributed by atoms with E-state index < -0.39 is 0 Å². The molecule has 2 N–H and O–H groups in total. The predicted octanol–water partition coefficient (Wildman–Crippen LogP) is 3.76. The second-order valence-electron chi connectivity index (χ2n) is 7.08. The molecule has 3 rings (SSSR count). The maximum Gasteiger partial charge on any atom is 0.191 e. The Labute approximate surface area is 178 Å². The summed E-state index contributed by atoms with van der Waals surface area (Å²) in [7, 11) is 0. The second-order valence-corrected chi connectivity index (χ2v) is 8.60. The fourth-order valence-electron chi connectivity index (χ4n) is 3.16. The number of aliphatic imine (C=N–C) groups is 1. The first-order valence-electron chi connectivity index (χ1n) is 10.4. The predicted molar refractivity (Wildman–Crippen MR) is 124 cm³/mol. The molecule has 0 aliphatic carbocycles. The molecule has 0 saturated carbocycles. The Morgan fingerprint density at radius 1 is 1.07 bits per heavy atom. The highest BCUT2D eigenvalue weighted by Gasteiger charge is 2.11. The Kier molecular flexibility index (Phi) is 8.71. The summed E-state index contributed by atoms with van der Waals surface area (Å²) < 4.78 is 5.43. The van der Waals surface area contributed by atoms with Crippen LogP contribution in [0.25, 0.3) is 0 Å². The first kappa shape index (κ1) is 21.5. The van der Waals surface area contributed by atoms with Gasteiger partial charge in [-0.2, -0.15) is 0 Å². The van der Waals surface area contributed by atoms with Crippen molar-refractivity contribution in [2.45, 2.75) is 30.5 Å². The zero-order chi connectivity index (χ0) is 20.3. The molecule has 29 heavy (non-hydrogen) atoms. The highest BCUT2D eigenvalue weighted by molar-refractivity contribution is 8.00. The summed E-state index contributed by atoms with van der Waals surface area (Å²) in [6.07, 6.45) is 0. The molecule has 1 unspecified atom stereocenters. The molecular weight excluding hydrogens is 380 g/mol. The van der Waals surface area contributed by atoms with Gasteiger partial charge in [-0.1, -0.05) is 37.3 Å². The summed E-state index contributed by atoms with van der Waals surface area (Å²) in [5, 5.41) is 7.27. The lowest BCUT2D eigenvalue weighted by Gasteiger charge is -2.28. The third-order valence-electron chi connectivity index (χ3n) is 4.71. The van der Waals surface area contributed by atoms with E-state index in [0.717, 1.165) is 45.4 Å². The number of hydrogen-bond donors (Lipinski definition) is 2. The van der Waals surface area contributed by atoms with Crippen LogP contribution in [-0.4, -0.2) is 50.6 Å². The van der Waals surface area contributed by atoms with Gasteiger partial charge in [-0.15, -0.1) is 11.8 Å². The maximum atomic E-state index is 5.43. The van der Waals surface area contributed by atoms with Crippen molar-refractivity contribution in [2.24, 2.45) is 4.99 Å². The van der Waals surface area contributed by atoms with Gasteiger partial charge in [0.15, 0.2) is 5.96 Å². The van der Waals surface area contributed by atoms with Gasteiger partial charge in [0, 0.05) is 42.0 Å². The Bertz CT molecular complexity index is 745. The first-order valence-corrected chi connectivity index (χ1v) is 11.3. The van der Waals surface area contributed by atoms with Crippen LogP contribution in [0.2, 0.25) is 0 Å². The van der Waals surface area contributed by atoms with E-state index >= 15 is 0 Å². The molecule has 1 fully saturated rings. The molecule has 0 spiro atoms. The Balaban J connectivity index is 1.50. The Hall–Kier alpha value is -2.18. The molecule has 1 atom stereocenters. The largest absolute Gasteiger partial charge is 0.378 e. The van der Waals surface area contributed by atoms with Crippen molar-refractivity contribution in [2.75, 3.05) is 44.3 Å². The van der Waals surface area contributed by atoms with Crippen LogP contribution in [0.4, 0.5) is 5.69 Å². The smallest absolute Gasteiger partial charge is 0.191 e. The molecule has 0 amide bonds. The minimum absolute atomic E-state index is 0.453. The van der Waals surface area contributed by atoms with Crippen LogP contribution < -0.4 is 15.5 Å². The molecule has 0 bridgehead atoms. The summed E-state index contributed by atoms with van der Waals surface area (Å²) in [6, 6.07) is 19.2. The topological polar surface area (TPSA) is 48.9 Å². The standard InChI is InChI=1S/C23H32N4OS/c1-3-24-23(25-17-19(2)29-22-7-5-4-6-8-22)26-18-20-9-11-21(12-10-20)27-13-15-28-16-14-27/h4-12,19H,3,13-18H2,1-2H3,(H2,24,25,26). The summed E-state index contributed by atoms with van der Waals surface area (Å²) in [6.45, 7) is 10.3. The molecule has 1 heterocycles. The van der Waals surface area contributed by atoms with Crippen LogP contribution in [0.15, 0.2) is 64.5 Å². The number of anilines is 1. The van der Waals surface area contributed by atoms with Crippen LogP contribution in [-0.2, 0) is 11.3 Å². The Morgan fingerprint density at radius 2 is 1.79 bits per heavy atom. The van der Waals surface area contributed by atoms with Gasteiger partial charge in [-0.25, -0.2) is 4.99 Å². The molecule has 1 aliphatic rings. The number of hydrogen-bond acceptors (Lipinski definition) is 4. The average Bonchev–Trinajstić information content (AvgIpc) is 2.77. The molecule has 1 saturated heterocycles. The van der Waals surface area contributed by atoms with Crippen molar-refractivity contribution in [1.82, 2.24) is 10.6 Å². The van der Waals surface area contributed by atoms with E-state index in [0.29, 0.717) is 11.8 Å². The molecule has 6 heteroatoms. The zero-order valence-corrected chi connectivity index (χ0v) is 18.3. The third-order valence-corrected chi connectivity index (χ3v) is 5.83. The van der Waals surface area contributed by atoms with Crippen molar-refractivity contribution >= 4 is 23.4 Å². The molecule has 2 aromatic rings. The number of ether oxygens (including phenoxy) is 1. The van der Waals surface area contributed by atoms with E-state index in [2.05, 4.69) is 84.0 Å². The van der Waals surface area contributed by atoms with E-state index in [1.807, 2.05) is 11.8 Å². The lowest BCUT2D eigenvalue weighted by molar-refractivity contribution is 0.122. The van der Waals surface area contributed by atoms with Gasteiger partial charge in [0.1, 0.15) is 0 Å². The van der Waals surface area contributed by atoms with Gasteiger partial charge in [-0.3, -0.25) is 0 Å². The van der Waals surface area contributed by atoms with E-state index in [1.165, 1.54) is 16.1 Å². The number of benzene rings is 2. The molecule has 1 aliphatic heterocycles. The van der Waals surface area contributed by atoms with Crippen molar-refractivity contribution in [3.8, 4) is 0 Å². The molecule has 156 valence electrons. The van der Waals surface area contributed by atoms with Crippen molar-refractivity contribution < 1.29 is 4.74 Å².